The largest absolute Gasteiger partial charge is 0.362 e. The van der Waals surface area contributed by atoms with Crippen LogP contribution in [0.15, 0.2) is 48.5 Å². The minimum Gasteiger partial charge on any atom is -0.362 e. The standard InChI is InChI=1S/C20H22FN3OS/c21-16-7-5-15(6-8-16)3-1-13-22-20(26)23-17-9-11-18(12-10-17)24-14-2-4-19(24)25/h5-12H,1-4,13-14H2,(H2,22,23,26). The Morgan fingerprint density at radius 2 is 1.85 bits per heavy atom. The zero-order chi connectivity index (χ0) is 18.4. The fourth-order valence-electron chi connectivity index (χ4n) is 2.97. The summed E-state index contributed by atoms with van der Waals surface area (Å²) in [5, 5.41) is 6.88. The molecule has 0 radical (unpaired) electrons. The molecule has 6 heteroatoms. The van der Waals surface area contributed by atoms with E-state index in [1.165, 1.54) is 12.1 Å². The van der Waals surface area contributed by atoms with Gasteiger partial charge in [-0.1, -0.05) is 12.1 Å². The molecule has 1 fully saturated rings. The first-order valence-electron chi connectivity index (χ1n) is 8.81. The summed E-state index contributed by atoms with van der Waals surface area (Å²) in [6, 6.07) is 14.3. The second-order valence-electron chi connectivity index (χ2n) is 6.31. The van der Waals surface area contributed by atoms with Crippen LogP contribution < -0.4 is 15.5 Å². The molecule has 0 saturated carbocycles. The zero-order valence-corrected chi connectivity index (χ0v) is 15.3. The number of hydrogen-bond acceptors (Lipinski definition) is 2. The highest BCUT2D eigenvalue weighted by molar-refractivity contribution is 7.80. The van der Waals surface area contributed by atoms with E-state index in [4.69, 9.17) is 12.2 Å². The number of benzene rings is 2. The van der Waals surface area contributed by atoms with Gasteiger partial charge in [-0.05, 0) is 73.4 Å². The molecule has 1 aliphatic heterocycles. The number of halogens is 1. The highest BCUT2D eigenvalue weighted by atomic mass is 32.1. The van der Waals surface area contributed by atoms with Gasteiger partial charge < -0.3 is 15.5 Å². The summed E-state index contributed by atoms with van der Waals surface area (Å²) < 4.78 is 12.9. The van der Waals surface area contributed by atoms with Crippen LogP contribution in [0.1, 0.15) is 24.8 Å². The van der Waals surface area contributed by atoms with Gasteiger partial charge in [0.05, 0.1) is 0 Å². The molecule has 2 aromatic carbocycles. The van der Waals surface area contributed by atoms with Crippen molar-refractivity contribution < 1.29 is 9.18 Å². The Bertz CT molecular complexity index is 762. The van der Waals surface area contributed by atoms with E-state index in [9.17, 15) is 9.18 Å². The minimum atomic E-state index is -0.211. The van der Waals surface area contributed by atoms with Crippen LogP contribution in [0.2, 0.25) is 0 Å². The van der Waals surface area contributed by atoms with Crippen LogP contribution >= 0.6 is 12.2 Å². The third-order valence-electron chi connectivity index (χ3n) is 4.35. The van der Waals surface area contributed by atoms with Crippen LogP contribution in [-0.2, 0) is 11.2 Å². The number of thiocarbonyl (C=S) groups is 1. The number of amides is 1. The van der Waals surface area contributed by atoms with Crippen LogP contribution in [0.5, 0.6) is 0 Å². The average molecular weight is 371 g/mol. The molecular weight excluding hydrogens is 349 g/mol. The van der Waals surface area contributed by atoms with E-state index in [-0.39, 0.29) is 11.7 Å². The smallest absolute Gasteiger partial charge is 0.227 e. The molecule has 1 aliphatic rings. The number of nitrogens with zero attached hydrogens (tertiary/aromatic N) is 1. The first-order valence-corrected chi connectivity index (χ1v) is 9.22. The number of anilines is 2. The van der Waals surface area contributed by atoms with Crippen LogP contribution in [-0.4, -0.2) is 24.1 Å². The van der Waals surface area contributed by atoms with Crippen molar-refractivity contribution in [2.45, 2.75) is 25.7 Å². The lowest BCUT2D eigenvalue weighted by Gasteiger charge is -2.16. The van der Waals surface area contributed by atoms with Crippen LogP contribution in [0, 0.1) is 5.82 Å². The molecule has 0 bridgehead atoms. The van der Waals surface area contributed by atoms with Gasteiger partial charge in [-0.2, -0.15) is 0 Å². The summed E-state index contributed by atoms with van der Waals surface area (Å²) in [4.78, 5) is 13.6. The van der Waals surface area contributed by atoms with Gasteiger partial charge in [-0.15, -0.1) is 0 Å². The van der Waals surface area contributed by atoms with Gasteiger partial charge >= 0.3 is 0 Å². The number of hydrogen-bond donors (Lipinski definition) is 2. The molecule has 2 aromatic rings. The maximum Gasteiger partial charge on any atom is 0.227 e. The van der Waals surface area contributed by atoms with Crippen molar-refractivity contribution in [2.75, 3.05) is 23.3 Å². The molecule has 136 valence electrons. The van der Waals surface area contributed by atoms with Crippen molar-refractivity contribution in [3.05, 3.63) is 59.9 Å². The van der Waals surface area contributed by atoms with E-state index >= 15 is 0 Å². The lowest BCUT2D eigenvalue weighted by Crippen LogP contribution is -2.29. The van der Waals surface area contributed by atoms with Crippen molar-refractivity contribution in [2.24, 2.45) is 0 Å². The molecule has 0 unspecified atom stereocenters. The molecule has 1 amide bonds. The average Bonchev–Trinajstić information content (AvgIpc) is 3.07. The predicted molar refractivity (Wildman–Crippen MR) is 107 cm³/mol. The summed E-state index contributed by atoms with van der Waals surface area (Å²) in [5.41, 5.74) is 2.92. The summed E-state index contributed by atoms with van der Waals surface area (Å²) in [7, 11) is 0. The maximum atomic E-state index is 12.9. The molecule has 1 saturated heterocycles. The molecule has 0 atom stereocenters. The van der Waals surface area contributed by atoms with Gasteiger partial charge in [-0.3, -0.25) is 4.79 Å². The second-order valence-corrected chi connectivity index (χ2v) is 6.71. The molecular formula is C20H22FN3OS. The normalized spacial score (nSPS) is 13.7. The number of nitrogens with one attached hydrogen (secondary N) is 2. The Hall–Kier alpha value is -2.47. The zero-order valence-electron chi connectivity index (χ0n) is 14.5. The topological polar surface area (TPSA) is 44.4 Å². The molecule has 1 heterocycles. The van der Waals surface area contributed by atoms with Crippen molar-refractivity contribution in [1.29, 1.82) is 0 Å². The first kappa shape index (κ1) is 18.3. The van der Waals surface area contributed by atoms with Gasteiger partial charge in [0.15, 0.2) is 5.11 Å². The van der Waals surface area contributed by atoms with Gasteiger partial charge in [0.1, 0.15) is 5.82 Å². The fourth-order valence-corrected chi connectivity index (χ4v) is 3.19. The lowest BCUT2D eigenvalue weighted by atomic mass is 10.1. The molecule has 4 nitrogen and oxygen atoms in total. The molecule has 2 N–H and O–H groups in total. The van der Waals surface area contributed by atoms with Crippen molar-refractivity contribution in [3.63, 3.8) is 0 Å². The Balaban J connectivity index is 1.40. The monoisotopic (exact) mass is 371 g/mol. The van der Waals surface area contributed by atoms with Gasteiger partial charge in [0.25, 0.3) is 0 Å². The SMILES string of the molecule is O=C1CCCN1c1ccc(NC(=S)NCCCc2ccc(F)cc2)cc1. The highest BCUT2D eigenvalue weighted by Crippen LogP contribution is 2.22. The van der Waals surface area contributed by atoms with Crippen LogP contribution in [0.3, 0.4) is 0 Å². The van der Waals surface area contributed by atoms with Crippen molar-refractivity contribution in [3.8, 4) is 0 Å². The maximum absolute atomic E-state index is 12.9. The summed E-state index contributed by atoms with van der Waals surface area (Å²) in [6.45, 7) is 1.53. The quantitative estimate of drug-likeness (QED) is 0.598. The molecule has 0 aromatic heterocycles. The second kappa shape index (κ2) is 8.76. The number of carbonyl (C=O) groups is 1. The van der Waals surface area contributed by atoms with Crippen LogP contribution in [0.4, 0.5) is 15.8 Å². The Morgan fingerprint density at radius 1 is 1.12 bits per heavy atom. The summed E-state index contributed by atoms with van der Waals surface area (Å²) >= 11 is 5.31. The summed E-state index contributed by atoms with van der Waals surface area (Å²) in [5.74, 6) is -0.0265. The number of aryl methyl sites for hydroxylation is 1. The minimum absolute atomic E-state index is 0.184. The fraction of sp³-hybridized carbons (Fsp3) is 0.300. The first-order chi connectivity index (χ1) is 12.6. The summed E-state index contributed by atoms with van der Waals surface area (Å²) in [6.07, 6.45) is 3.33. The highest BCUT2D eigenvalue weighted by Gasteiger charge is 2.21. The third-order valence-corrected chi connectivity index (χ3v) is 4.60. The molecule has 0 aliphatic carbocycles. The number of rotatable bonds is 6. The van der Waals surface area contributed by atoms with E-state index in [0.717, 1.165) is 49.3 Å². The van der Waals surface area contributed by atoms with E-state index in [2.05, 4.69) is 10.6 Å². The van der Waals surface area contributed by atoms with Crippen molar-refractivity contribution >= 4 is 34.6 Å². The third kappa shape index (κ3) is 5.02. The Morgan fingerprint density at radius 3 is 2.50 bits per heavy atom. The van der Waals surface area contributed by atoms with Crippen molar-refractivity contribution in [1.82, 2.24) is 5.32 Å². The molecule has 26 heavy (non-hydrogen) atoms. The Labute approximate surface area is 158 Å². The lowest BCUT2D eigenvalue weighted by molar-refractivity contribution is -0.117. The van der Waals surface area contributed by atoms with E-state index in [0.29, 0.717) is 11.5 Å². The number of carbonyl (C=O) groups excluding carboxylic acids is 1. The predicted octanol–water partition coefficient (Wildman–Crippen LogP) is 3.87. The van der Waals surface area contributed by atoms with E-state index in [1.807, 2.05) is 29.2 Å². The van der Waals surface area contributed by atoms with Gasteiger partial charge in [0, 0.05) is 30.9 Å². The Kier molecular flexibility index (Phi) is 6.17. The molecule has 0 spiro atoms. The van der Waals surface area contributed by atoms with Crippen LogP contribution in [0.25, 0.3) is 0 Å². The van der Waals surface area contributed by atoms with E-state index in [1.54, 1.807) is 12.1 Å². The van der Waals surface area contributed by atoms with E-state index < -0.39 is 0 Å². The molecule has 3 rings (SSSR count). The van der Waals surface area contributed by atoms with Gasteiger partial charge in [-0.25, -0.2) is 4.39 Å². The van der Waals surface area contributed by atoms with Gasteiger partial charge in [0.2, 0.25) is 5.91 Å².